The first kappa shape index (κ1) is 17.4. The molecule has 1 aliphatic heterocycles. The van der Waals surface area contributed by atoms with Gasteiger partial charge < -0.3 is 9.88 Å². The van der Waals surface area contributed by atoms with Crippen molar-refractivity contribution in [2.75, 3.05) is 6.54 Å². The summed E-state index contributed by atoms with van der Waals surface area (Å²) in [6.07, 6.45) is -3.92. The molecule has 140 valence electrons. The summed E-state index contributed by atoms with van der Waals surface area (Å²) in [7, 11) is 0. The monoisotopic (exact) mass is 365 g/mol. The molecule has 1 aliphatic carbocycles. The van der Waals surface area contributed by atoms with Gasteiger partial charge >= 0.3 is 12.1 Å². The van der Waals surface area contributed by atoms with Crippen LogP contribution in [0.5, 0.6) is 0 Å². The Kier molecular flexibility index (Phi) is 3.35. The molecule has 2 heterocycles. The summed E-state index contributed by atoms with van der Waals surface area (Å²) in [5.74, 6) is -0.915. The maximum Gasteiger partial charge on any atom is 0.471 e. The predicted octanol–water partition coefficient (Wildman–Crippen LogP) is 3.87. The fourth-order valence-corrected chi connectivity index (χ4v) is 4.95. The topological polar surface area (TPSA) is 49.0 Å². The molecule has 0 radical (unpaired) electrons. The molecular formula is C19H22F3N3O. The molecule has 1 fully saturated rings. The van der Waals surface area contributed by atoms with Crippen molar-refractivity contribution in [3.8, 4) is 0 Å². The standard InChI is InChI=1S/C19H22F3N3O/c1-10-23-13-7-11-8-15-17(2,3)18(4,12(11)9-14(13)24-10)5-6-25(15)16(26)19(20,21)22/h7,9,15H,5-6,8H2,1-4H3,(H,23,24)/t15-,18?/m1/s1. The summed E-state index contributed by atoms with van der Waals surface area (Å²) >= 11 is 0. The number of hydrogen-bond acceptors (Lipinski definition) is 2. The quantitative estimate of drug-likeness (QED) is 0.770. The molecule has 0 saturated carbocycles. The van der Waals surface area contributed by atoms with Crippen molar-refractivity contribution in [3.63, 3.8) is 0 Å². The van der Waals surface area contributed by atoms with Crippen LogP contribution in [0, 0.1) is 12.3 Å². The Bertz CT molecular complexity index is 915. The predicted molar refractivity (Wildman–Crippen MR) is 91.8 cm³/mol. The van der Waals surface area contributed by atoms with Crippen LogP contribution in [0.25, 0.3) is 11.0 Å². The van der Waals surface area contributed by atoms with Crippen molar-refractivity contribution in [1.29, 1.82) is 0 Å². The van der Waals surface area contributed by atoms with Crippen LogP contribution in [0.2, 0.25) is 0 Å². The minimum atomic E-state index is -4.84. The van der Waals surface area contributed by atoms with Gasteiger partial charge in [0.05, 0.1) is 11.0 Å². The van der Waals surface area contributed by atoms with E-state index in [2.05, 4.69) is 23.0 Å². The molecule has 4 rings (SSSR count). The lowest BCUT2D eigenvalue weighted by atomic mass is 9.51. The number of carbonyl (C=O) groups is 1. The Hall–Kier alpha value is -2.05. The maximum atomic E-state index is 13.1. The van der Waals surface area contributed by atoms with Gasteiger partial charge in [-0.15, -0.1) is 0 Å². The molecule has 4 nitrogen and oxygen atoms in total. The Morgan fingerprint density at radius 3 is 2.65 bits per heavy atom. The van der Waals surface area contributed by atoms with E-state index in [-0.39, 0.29) is 12.0 Å². The summed E-state index contributed by atoms with van der Waals surface area (Å²) in [6, 6.07) is 3.58. The fourth-order valence-electron chi connectivity index (χ4n) is 4.95. The average molecular weight is 365 g/mol. The van der Waals surface area contributed by atoms with Crippen molar-refractivity contribution in [3.05, 3.63) is 29.1 Å². The second-order valence-electron chi connectivity index (χ2n) is 8.37. The largest absolute Gasteiger partial charge is 0.471 e. The number of imidazole rings is 1. The van der Waals surface area contributed by atoms with E-state index in [0.717, 1.165) is 32.9 Å². The van der Waals surface area contributed by atoms with Gasteiger partial charge in [-0.1, -0.05) is 20.8 Å². The number of halogens is 3. The summed E-state index contributed by atoms with van der Waals surface area (Å²) < 4.78 is 39.3. The van der Waals surface area contributed by atoms with Gasteiger partial charge in [0, 0.05) is 18.0 Å². The van der Waals surface area contributed by atoms with Crippen LogP contribution in [-0.2, 0) is 16.6 Å². The number of aromatic nitrogens is 2. The number of nitrogens with zero attached hydrogens (tertiary/aromatic N) is 2. The summed E-state index contributed by atoms with van der Waals surface area (Å²) in [5.41, 5.74) is 3.15. The van der Waals surface area contributed by atoms with Crippen molar-refractivity contribution in [1.82, 2.24) is 14.9 Å². The third-order valence-electron chi connectivity index (χ3n) is 6.82. The Balaban J connectivity index is 1.87. The van der Waals surface area contributed by atoms with Gasteiger partial charge in [-0.2, -0.15) is 13.2 Å². The van der Waals surface area contributed by atoms with E-state index in [9.17, 15) is 18.0 Å². The van der Waals surface area contributed by atoms with E-state index >= 15 is 0 Å². The Morgan fingerprint density at radius 2 is 2.00 bits per heavy atom. The number of aromatic amines is 1. The molecule has 2 aromatic rings. The van der Waals surface area contributed by atoms with E-state index in [1.54, 1.807) is 0 Å². The van der Waals surface area contributed by atoms with Crippen LogP contribution < -0.4 is 0 Å². The number of benzene rings is 1. The summed E-state index contributed by atoms with van der Waals surface area (Å²) in [6.45, 7) is 8.09. The zero-order valence-corrected chi connectivity index (χ0v) is 15.3. The summed E-state index contributed by atoms with van der Waals surface area (Å²) in [5, 5.41) is 0. The molecule has 1 saturated heterocycles. The molecule has 1 amide bonds. The van der Waals surface area contributed by atoms with Crippen LogP contribution in [0.3, 0.4) is 0 Å². The number of nitrogens with one attached hydrogen (secondary N) is 1. The van der Waals surface area contributed by atoms with E-state index in [4.69, 9.17) is 0 Å². The van der Waals surface area contributed by atoms with Crippen molar-refractivity contribution in [2.24, 2.45) is 5.41 Å². The van der Waals surface area contributed by atoms with Crippen molar-refractivity contribution >= 4 is 16.9 Å². The highest BCUT2D eigenvalue weighted by atomic mass is 19.4. The van der Waals surface area contributed by atoms with E-state index in [1.807, 2.05) is 26.8 Å². The third-order valence-corrected chi connectivity index (χ3v) is 6.82. The highest BCUT2D eigenvalue weighted by molar-refractivity contribution is 5.83. The van der Waals surface area contributed by atoms with Crippen LogP contribution in [0.1, 0.15) is 44.1 Å². The first-order valence-electron chi connectivity index (χ1n) is 8.83. The van der Waals surface area contributed by atoms with Gasteiger partial charge in [0.2, 0.25) is 0 Å². The lowest BCUT2D eigenvalue weighted by Gasteiger charge is -2.60. The minimum Gasteiger partial charge on any atom is -0.342 e. The lowest BCUT2D eigenvalue weighted by molar-refractivity contribution is -0.195. The lowest BCUT2D eigenvalue weighted by Crippen LogP contribution is -2.66. The summed E-state index contributed by atoms with van der Waals surface area (Å²) in [4.78, 5) is 20.8. The van der Waals surface area contributed by atoms with Gasteiger partial charge in [0.25, 0.3) is 0 Å². The van der Waals surface area contributed by atoms with Crippen molar-refractivity contribution in [2.45, 2.75) is 58.2 Å². The number of alkyl halides is 3. The van der Waals surface area contributed by atoms with Gasteiger partial charge in [0.1, 0.15) is 5.82 Å². The first-order valence-corrected chi connectivity index (χ1v) is 8.83. The number of amides is 1. The van der Waals surface area contributed by atoms with Crippen LogP contribution in [0.15, 0.2) is 12.1 Å². The van der Waals surface area contributed by atoms with Crippen LogP contribution in [0.4, 0.5) is 13.2 Å². The smallest absolute Gasteiger partial charge is 0.342 e. The zero-order valence-electron chi connectivity index (χ0n) is 15.3. The van der Waals surface area contributed by atoms with Crippen LogP contribution in [-0.4, -0.2) is 39.5 Å². The molecule has 7 heteroatoms. The Labute approximate surface area is 149 Å². The molecule has 1 unspecified atom stereocenters. The molecule has 26 heavy (non-hydrogen) atoms. The zero-order chi connectivity index (χ0) is 19.1. The number of rotatable bonds is 0. The number of likely N-dealkylation sites (tertiary alicyclic amines) is 1. The minimum absolute atomic E-state index is 0.127. The second-order valence-corrected chi connectivity index (χ2v) is 8.37. The highest BCUT2D eigenvalue weighted by Crippen LogP contribution is 2.56. The van der Waals surface area contributed by atoms with E-state index in [1.165, 1.54) is 0 Å². The molecule has 2 atom stereocenters. The SMILES string of the molecule is Cc1nc2cc3c(cc2[nH]1)C1(C)CCN(C(=O)C(F)(F)F)[C@H](C3)C1(C)C. The second kappa shape index (κ2) is 5.02. The van der Waals surface area contributed by atoms with Gasteiger partial charge in [0.15, 0.2) is 0 Å². The molecule has 2 bridgehead atoms. The van der Waals surface area contributed by atoms with E-state index < -0.39 is 23.5 Å². The van der Waals surface area contributed by atoms with Gasteiger partial charge in [-0.05, 0) is 48.4 Å². The number of hydrogen-bond donors (Lipinski definition) is 1. The number of aryl methyl sites for hydroxylation is 1. The molecule has 1 aromatic carbocycles. The maximum absolute atomic E-state index is 13.1. The van der Waals surface area contributed by atoms with Gasteiger partial charge in [-0.3, -0.25) is 4.79 Å². The molecule has 1 aromatic heterocycles. The first-order chi connectivity index (χ1) is 11.9. The number of fused-ring (bicyclic) bond motifs is 5. The number of H-pyrrole nitrogens is 1. The van der Waals surface area contributed by atoms with E-state index in [0.29, 0.717) is 12.8 Å². The van der Waals surface area contributed by atoms with Crippen molar-refractivity contribution < 1.29 is 18.0 Å². The molecule has 2 aliphatic rings. The fraction of sp³-hybridized carbons (Fsp3) is 0.579. The number of piperidine rings is 1. The highest BCUT2D eigenvalue weighted by Gasteiger charge is 2.59. The van der Waals surface area contributed by atoms with Crippen LogP contribution >= 0.6 is 0 Å². The molecular weight excluding hydrogens is 343 g/mol. The molecule has 0 spiro atoms. The normalized spacial score (nSPS) is 27.5. The average Bonchev–Trinajstić information content (AvgIpc) is 2.87. The Morgan fingerprint density at radius 1 is 1.31 bits per heavy atom. The number of carbonyl (C=O) groups excluding carboxylic acids is 1. The van der Waals surface area contributed by atoms with Gasteiger partial charge in [-0.25, -0.2) is 4.98 Å². The third kappa shape index (κ3) is 2.15. The molecule has 1 N–H and O–H groups in total.